The Morgan fingerprint density at radius 1 is 1.30 bits per heavy atom. The van der Waals surface area contributed by atoms with E-state index in [1.807, 2.05) is 27.7 Å². The van der Waals surface area contributed by atoms with E-state index in [9.17, 15) is 4.79 Å². The fraction of sp³-hybridized carbons (Fsp3) is 0.625. The van der Waals surface area contributed by atoms with Gasteiger partial charge in [-0.25, -0.2) is 0 Å². The Morgan fingerprint density at radius 3 is 1.70 bits per heavy atom. The van der Waals surface area contributed by atoms with Crippen molar-refractivity contribution in [2.24, 2.45) is 5.92 Å². The maximum Gasteiger partial charge on any atom is 0.248 e. The smallest absolute Gasteiger partial charge is 0.248 e. The van der Waals surface area contributed by atoms with Crippen LogP contribution in [-0.4, -0.2) is 5.24 Å². The van der Waals surface area contributed by atoms with Crippen LogP contribution in [0, 0.1) is 5.92 Å². The number of carbonyl (C=O) groups is 1. The van der Waals surface area contributed by atoms with Crippen LogP contribution in [0.4, 0.5) is 0 Å². The fourth-order valence-corrected chi connectivity index (χ4v) is 1.41. The molecule has 0 bridgehead atoms. The molecule has 0 saturated carbocycles. The lowest BCUT2D eigenvalue weighted by atomic mass is 10.0. The lowest BCUT2D eigenvalue weighted by molar-refractivity contribution is -0.109. The summed E-state index contributed by atoms with van der Waals surface area (Å²) in [6, 6.07) is 0. The highest BCUT2D eigenvalue weighted by molar-refractivity contribution is 6.67. The molecule has 58 valence electrons. The number of rotatable bonds is 2. The largest absolute Gasteiger partial charge is 0.276 e. The highest BCUT2D eigenvalue weighted by Gasteiger charge is 2.11. The summed E-state index contributed by atoms with van der Waals surface area (Å²) < 4.78 is 0. The molecule has 0 radical (unpaired) electrons. The molecular weight excluding hydrogens is 148 g/mol. The van der Waals surface area contributed by atoms with E-state index >= 15 is 0 Å². The summed E-state index contributed by atoms with van der Waals surface area (Å²) in [4.78, 5) is 10.7. The number of carbonyl (C=O) groups excluding carboxylic acids is 1. The van der Waals surface area contributed by atoms with Crippen molar-refractivity contribution in [3.63, 3.8) is 0 Å². The van der Waals surface area contributed by atoms with E-state index in [0.29, 0.717) is 0 Å². The lowest BCUT2D eigenvalue weighted by Gasteiger charge is -2.07. The average Bonchev–Trinajstić information content (AvgIpc) is 1.59. The third-order valence-corrected chi connectivity index (χ3v) is 1.53. The van der Waals surface area contributed by atoms with Gasteiger partial charge in [0.2, 0.25) is 5.24 Å². The second kappa shape index (κ2) is 3.77. The molecule has 0 aromatic heterocycles. The topological polar surface area (TPSA) is 17.1 Å². The van der Waals surface area contributed by atoms with Crippen molar-refractivity contribution >= 4 is 16.8 Å². The van der Waals surface area contributed by atoms with Crippen LogP contribution in [0.2, 0.25) is 0 Å². The van der Waals surface area contributed by atoms with Crippen molar-refractivity contribution in [1.82, 2.24) is 0 Å². The van der Waals surface area contributed by atoms with Gasteiger partial charge in [-0.1, -0.05) is 19.4 Å². The molecule has 0 rings (SSSR count). The monoisotopic (exact) mass is 160 g/mol. The van der Waals surface area contributed by atoms with Gasteiger partial charge in [0.25, 0.3) is 0 Å². The van der Waals surface area contributed by atoms with Crippen LogP contribution >= 0.6 is 11.6 Å². The van der Waals surface area contributed by atoms with E-state index in [2.05, 4.69) is 0 Å². The fourth-order valence-electron chi connectivity index (χ4n) is 1.00. The third kappa shape index (κ3) is 2.53. The van der Waals surface area contributed by atoms with Crippen molar-refractivity contribution in [3.8, 4) is 0 Å². The molecule has 0 aromatic carbocycles. The molecule has 0 saturated heterocycles. The standard InChI is InChI=1S/C8H13ClO/c1-5(2)7(6(3)4)8(9)10/h5H,1-4H3. The van der Waals surface area contributed by atoms with Gasteiger partial charge in [0.1, 0.15) is 0 Å². The van der Waals surface area contributed by atoms with Crippen LogP contribution in [0.5, 0.6) is 0 Å². The Balaban J connectivity index is 4.61. The zero-order valence-electron chi connectivity index (χ0n) is 6.86. The first kappa shape index (κ1) is 9.70. The SMILES string of the molecule is CC(C)=C(C(=O)Cl)C(C)C. The van der Waals surface area contributed by atoms with Crippen molar-refractivity contribution in [1.29, 1.82) is 0 Å². The maximum absolute atomic E-state index is 10.7. The molecule has 0 N–H and O–H groups in total. The van der Waals surface area contributed by atoms with Gasteiger partial charge in [0.15, 0.2) is 0 Å². The number of hydrogen-bond acceptors (Lipinski definition) is 1. The normalized spacial score (nSPS) is 9.80. The third-order valence-electron chi connectivity index (χ3n) is 1.33. The average molecular weight is 161 g/mol. The molecule has 1 nitrogen and oxygen atoms in total. The molecule has 0 spiro atoms. The summed E-state index contributed by atoms with van der Waals surface area (Å²) in [6.07, 6.45) is 0. The van der Waals surface area contributed by atoms with Gasteiger partial charge < -0.3 is 0 Å². The molecule has 0 aromatic rings. The number of halogens is 1. The van der Waals surface area contributed by atoms with Crippen LogP contribution in [0.1, 0.15) is 27.7 Å². The molecule has 0 unspecified atom stereocenters. The Morgan fingerprint density at radius 2 is 1.70 bits per heavy atom. The predicted octanol–water partition coefficient (Wildman–Crippen LogP) is 2.74. The van der Waals surface area contributed by atoms with Crippen molar-refractivity contribution < 1.29 is 4.79 Å². The van der Waals surface area contributed by atoms with Crippen LogP contribution in [-0.2, 0) is 4.79 Å². The lowest BCUT2D eigenvalue weighted by Crippen LogP contribution is -2.03. The van der Waals surface area contributed by atoms with E-state index in [1.165, 1.54) is 0 Å². The van der Waals surface area contributed by atoms with Crippen LogP contribution < -0.4 is 0 Å². The van der Waals surface area contributed by atoms with E-state index in [-0.39, 0.29) is 11.2 Å². The van der Waals surface area contributed by atoms with Crippen LogP contribution in [0.25, 0.3) is 0 Å². The van der Waals surface area contributed by atoms with Gasteiger partial charge in [-0.2, -0.15) is 0 Å². The minimum absolute atomic E-state index is 0.231. The van der Waals surface area contributed by atoms with Crippen LogP contribution in [0.3, 0.4) is 0 Å². The minimum atomic E-state index is -0.324. The van der Waals surface area contributed by atoms with E-state index < -0.39 is 0 Å². The van der Waals surface area contributed by atoms with Gasteiger partial charge in [-0.3, -0.25) is 4.79 Å². The Bertz CT molecular complexity index is 164. The van der Waals surface area contributed by atoms with Gasteiger partial charge >= 0.3 is 0 Å². The molecule has 0 aliphatic rings. The quantitative estimate of drug-likeness (QED) is 0.449. The Hall–Kier alpha value is -0.300. The zero-order valence-corrected chi connectivity index (χ0v) is 7.62. The molecule has 0 aliphatic carbocycles. The summed E-state index contributed by atoms with van der Waals surface area (Å²) in [6.45, 7) is 7.72. The van der Waals surface area contributed by atoms with Crippen molar-refractivity contribution in [2.75, 3.05) is 0 Å². The van der Waals surface area contributed by atoms with Gasteiger partial charge in [-0.05, 0) is 31.4 Å². The Kier molecular flexibility index (Phi) is 3.66. The van der Waals surface area contributed by atoms with Gasteiger partial charge in [0, 0.05) is 5.57 Å². The highest BCUT2D eigenvalue weighted by atomic mass is 35.5. The second-order valence-corrected chi connectivity index (χ2v) is 3.19. The van der Waals surface area contributed by atoms with E-state index in [4.69, 9.17) is 11.6 Å². The first-order chi connectivity index (χ1) is 4.46. The van der Waals surface area contributed by atoms with Gasteiger partial charge in [0.05, 0.1) is 0 Å². The maximum atomic E-state index is 10.7. The first-order valence-corrected chi connectivity index (χ1v) is 3.71. The number of hydrogen-bond donors (Lipinski definition) is 0. The molecule has 0 atom stereocenters. The minimum Gasteiger partial charge on any atom is -0.276 e. The summed E-state index contributed by atoms with van der Waals surface area (Å²) >= 11 is 5.34. The van der Waals surface area contributed by atoms with Crippen molar-refractivity contribution in [2.45, 2.75) is 27.7 Å². The molecule has 0 aliphatic heterocycles. The molecule has 10 heavy (non-hydrogen) atoms. The first-order valence-electron chi connectivity index (χ1n) is 3.34. The summed E-state index contributed by atoms with van der Waals surface area (Å²) in [5, 5.41) is -0.324. The highest BCUT2D eigenvalue weighted by Crippen LogP contribution is 2.16. The summed E-state index contributed by atoms with van der Waals surface area (Å²) in [5.74, 6) is 0.231. The molecule has 0 fully saturated rings. The predicted molar refractivity (Wildman–Crippen MR) is 44.1 cm³/mol. The molecule has 0 amide bonds. The number of allylic oxidation sites excluding steroid dienone is 2. The second-order valence-electron chi connectivity index (χ2n) is 2.84. The zero-order chi connectivity index (χ0) is 8.31. The summed E-state index contributed by atoms with van der Waals surface area (Å²) in [7, 11) is 0. The summed E-state index contributed by atoms with van der Waals surface area (Å²) in [5.41, 5.74) is 1.75. The molecule has 2 heteroatoms. The Labute approximate surface area is 67.1 Å². The molecular formula is C8H13ClO. The van der Waals surface area contributed by atoms with Crippen LogP contribution in [0.15, 0.2) is 11.1 Å². The van der Waals surface area contributed by atoms with Gasteiger partial charge in [-0.15, -0.1) is 0 Å². The van der Waals surface area contributed by atoms with Crippen molar-refractivity contribution in [3.05, 3.63) is 11.1 Å². The molecule has 0 heterocycles. The van der Waals surface area contributed by atoms with E-state index in [0.717, 1.165) is 11.1 Å². The van der Waals surface area contributed by atoms with E-state index in [1.54, 1.807) is 0 Å².